The van der Waals surface area contributed by atoms with Crippen LogP contribution < -0.4 is 4.90 Å². The number of rotatable bonds is 5. The lowest BCUT2D eigenvalue weighted by molar-refractivity contribution is -0.113. The SMILES string of the molecule is CCC1(CC)C(OC)CC1N(C)c1cnc(C#N)cn1. The summed E-state index contributed by atoms with van der Waals surface area (Å²) in [5.74, 6) is 0.815. The lowest BCUT2D eigenvalue weighted by atomic mass is 9.58. The minimum absolute atomic E-state index is 0.180. The molecule has 2 unspecified atom stereocenters. The molecular weight excluding hydrogens is 252 g/mol. The summed E-state index contributed by atoms with van der Waals surface area (Å²) in [7, 11) is 3.84. The van der Waals surface area contributed by atoms with Crippen LogP contribution in [0.3, 0.4) is 0 Å². The molecule has 0 aromatic carbocycles. The summed E-state index contributed by atoms with van der Waals surface area (Å²) in [4.78, 5) is 10.6. The number of ether oxygens (including phenoxy) is 1. The van der Waals surface area contributed by atoms with E-state index in [2.05, 4.69) is 28.7 Å². The lowest BCUT2D eigenvalue weighted by Gasteiger charge is -2.58. The van der Waals surface area contributed by atoms with E-state index < -0.39 is 0 Å². The third-order valence-electron chi connectivity index (χ3n) is 4.92. The molecule has 0 saturated heterocycles. The molecule has 0 radical (unpaired) electrons. The Balaban J connectivity index is 2.20. The number of anilines is 1. The molecule has 5 nitrogen and oxygen atoms in total. The number of nitriles is 1. The Bertz CT molecular complexity index is 490. The average molecular weight is 274 g/mol. The maximum atomic E-state index is 8.78. The van der Waals surface area contributed by atoms with Gasteiger partial charge in [-0.1, -0.05) is 13.8 Å². The van der Waals surface area contributed by atoms with Gasteiger partial charge in [0, 0.05) is 25.6 Å². The van der Waals surface area contributed by atoms with Gasteiger partial charge in [0.2, 0.25) is 0 Å². The molecule has 108 valence electrons. The fraction of sp³-hybridized carbons (Fsp3) is 0.667. The molecule has 1 aliphatic rings. The molecular formula is C15H22N4O. The molecule has 1 aromatic heterocycles. The molecule has 1 saturated carbocycles. The fourth-order valence-corrected chi connectivity index (χ4v) is 3.50. The number of aromatic nitrogens is 2. The van der Waals surface area contributed by atoms with Crippen LogP contribution >= 0.6 is 0 Å². The molecule has 0 spiro atoms. The van der Waals surface area contributed by atoms with Crippen LogP contribution in [-0.4, -0.2) is 36.3 Å². The van der Waals surface area contributed by atoms with Crippen molar-refractivity contribution in [1.82, 2.24) is 9.97 Å². The Morgan fingerprint density at radius 3 is 2.55 bits per heavy atom. The van der Waals surface area contributed by atoms with Gasteiger partial charge in [0.25, 0.3) is 0 Å². The second-order valence-corrected chi connectivity index (χ2v) is 5.40. The van der Waals surface area contributed by atoms with Crippen molar-refractivity contribution in [1.29, 1.82) is 5.26 Å². The molecule has 0 N–H and O–H groups in total. The van der Waals surface area contributed by atoms with Gasteiger partial charge >= 0.3 is 0 Å². The minimum Gasteiger partial charge on any atom is -0.381 e. The Morgan fingerprint density at radius 1 is 1.40 bits per heavy atom. The molecule has 0 aliphatic heterocycles. The highest BCUT2D eigenvalue weighted by molar-refractivity contribution is 5.40. The van der Waals surface area contributed by atoms with Gasteiger partial charge in [-0.15, -0.1) is 0 Å². The summed E-state index contributed by atoms with van der Waals surface area (Å²) in [6.07, 6.45) is 6.70. The van der Waals surface area contributed by atoms with Crippen molar-refractivity contribution in [3.63, 3.8) is 0 Å². The van der Waals surface area contributed by atoms with Gasteiger partial charge in [0.1, 0.15) is 11.9 Å². The van der Waals surface area contributed by atoms with E-state index in [1.165, 1.54) is 6.20 Å². The number of nitrogens with zero attached hydrogens (tertiary/aromatic N) is 4. The van der Waals surface area contributed by atoms with Crippen molar-refractivity contribution in [2.45, 2.75) is 45.3 Å². The standard InChI is InChI=1S/C15H22N4O/c1-5-15(6-2)12(7-13(15)20-4)19(3)14-10-17-11(8-16)9-18-14/h9-10,12-13H,5-7H2,1-4H3. The maximum Gasteiger partial charge on any atom is 0.158 e. The van der Waals surface area contributed by atoms with Gasteiger partial charge < -0.3 is 9.64 Å². The van der Waals surface area contributed by atoms with E-state index in [1.54, 1.807) is 13.3 Å². The zero-order chi connectivity index (χ0) is 14.8. The highest BCUT2D eigenvalue weighted by Crippen LogP contribution is 2.51. The monoisotopic (exact) mass is 274 g/mol. The number of hydrogen-bond donors (Lipinski definition) is 0. The molecule has 2 atom stereocenters. The Labute approximate surface area is 120 Å². The zero-order valence-electron chi connectivity index (χ0n) is 12.6. The largest absolute Gasteiger partial charge is 0.381 e. The quantitative estimate of drug-likeness (QED) is 0.825. The van der Waals surface area contributed by atoms with Crippen LogP contribution in [0, 0.1) is 16.7 Å². The van der Waals surface area contributed by atoms with Crippen LogP contribution in [0.1, 0.15) is 38.8 Å². The highest BCUT2D eigenvalue weighted by atomic mass is 16.5. The molecule has 1 aromatic rings. The van der Waals surface area contributed by atoms with Gasteiger partial charge in [-0.3, -0.25) is 0 Å². The van der Waals surface area contributed by atoms with Crippen LogP contribution in [0.4, 0.5) is 5.82 Å². The lowest BCUT2D eigenvalue weighted by Crippen LogP contribution is -2.63. The zero-order valence-corrected chi connectivity index (χ0v) is 12.6. The predicted octanol–water partition coefficient (Wildman–Crippen LogP) is 2.38. The van der Waals surface area contributed by atoms with Gasteiger partial charge in [-0.2, -0.15) is 5.26 Å². The van der Waals surface area contributed by atoms with Crippen LogP contribution in [0.2, 0.25) is 0 Å². The molecule has 0 amide bonds. The van der Waals surface area contributed by atoms with Crippen LogP contribution in [0.25, 0.3) is 0 Å². The Morgan fingerprint density at radius 2 is 2.10 bits per heavy atom. The topological polar surface area (TPSA) is 62.0 Å². The minimum atomic E-state index is 0.180. The fourth-order valence-electron chi connectivity index (χ4n) is 3.50. The summed E-state index contributed by atoms with van der Waals surface area (Å²) in [6, 6.07) is 2.40. The van der Waals surface area contributed by atoms with Crippen molar-refractivity contribution in [3.8, 4) is 6.07 Å². The van der Waals surface area contributed by atoms with Gasteiger partial charge in [0.15, 0.2) is 5.69 Å². The van der Waals surface area contributed by atoms with Crippen LogP contribution in [-0.2, 0) is 4.74 Å². The van der Waals surface area contributed by atoms with Gasteiger partial charge in [-0.05, 0) is 19.3 Å². The molecule has 20 heavy (non-hydrogen) atoms. The molecule has 2 rings (SSSR count). The second-order valence-electron chi connectivity index (χ2n) is 5.40. The van der Waals surface area contributed by atoms with Crippen LogP contribution in [0.15, 0.2) is 12.4 Å². The summed E-state index contributed by atoms with van der Waals surface area (Å²) in [5, 5.41) is 8.78. The van der Waals surface area contributed by atoms with E-state index in [9.17, 15) is 0 Å². The Hall–Kier alpha value is -1.67. The van der Waals surface area contributed by atoms with Crippen molar-refractivity contribution in [3.05, 3.63) is 18.1 Å². The van der Waals surface area contributed by atoms with E-state index in [0.717, 1.165) is 25.1 Å². The Kier molecular flexibility index (Phi) is 4.24. The van der Waals surface area contributed by atoms with Crippen molar-refractivity contribution in [2.24, 2.45) is 5.41 Å². The first-order valence-electron chi connectivity index (χ1n) is 7.10. The van der Waals surface area contributed by atoms with E-state index in [-0.39, 0.29) is 5.41 Å². The second kappa shape index (κ2) is 5.76. The van der Waals surface area contributed by atoms with E-state index in [4.69, 9.17) is 10.00 Å². The highest BCUT2D eigenvalue weighted by Gasteiger charge is 2.54. The number of methoxy groups -OCH3 is 1. The smallest absolute Gasteiger partial charge is 0.158 e. The normalized spacial score (nSPS) is 23.8. The molecule has 5 heteroatoms. The molecule has 1 heterocycles. The first-order chi connectivity index (χ1) is 9.62. The predicted molar refractivity (Wildman–Crippen MR) is 77.4 cm³/mol. The van der Waals surface area contributed by atoms with Crippen molar-refractivity contribution in [2.75, 3.05) is 19.1 Å². The summed E-state index contributed by atoms with van der Waals surface area (Å²) < 4.78 is 5.63. The third kappa shape index (κ3) is 2.14. The number of hydrogen-bond acceptors (Lipinski definition) is 5. The summed E-state index contributed by atoms with van der Waals surface area (Å²) in [5.41, 5.74) is 0.529. The summed E-state index contributed by atoms with van der Waals surface area (Å²) >= 11 is 0. The van der Waals surface area contributed by atoms with Crippen LogP contribution in [0.5, 0.6) is 0 Å². The first kappa shape index (κ1) is 14.7. The average Bonchev–Trinajstić information content (AvgIpc) is 2.48. The molecule has 0 bridgehead atoms. The van der Waals surface area contributed by atoms with Gasteiger partial charge in [0.05, 0.1) is 18.5 Å². The first-order valence-corrected chi connectivity index (χ1v) is 7.10. The van der Waals surface area contributed by atoms with Crippen molar-refractivity contribution >= 4 is 5.82 Å². The van der Waals surface area contributed by atoms with E-state index in [1.807, 2.05) is 13.1 Å². The molecule has 1 aliphatic carbocycles. The van der Waals surface area contributed by atoms with E-state index in [0.29, 0.717) is 17.8 Å². The maximum absolute atomic E-state index is 8.78. The van der Waals surface area contributed by atoms with Crippen molar-refractivity contribution < 1.29 is 4.74 Å². The van der Waals surface area contributed by atoms with Gasteiger partial charge in [-0.25, -0.2) is 9.97 Å². The summed E-state index contributed by atoms with van der Waals surface area (Å²) in [6.45, 7) is 4.44. The third-order valence-corrected chi connectivity index (χ3v) is 4.92. The molecule has 1 fully saturated rings. The van der Waals surface area contributed by atoms with E-state index >= 15 is 0 Å².